The zero-order valence-corrected chi connectivity index (χ0v) is 16.0. The van der Waals surface area contributed by atoms with E-state index in [9.17, 15) is 18.0 Å². The van der Waals surface area contributed by atoms with Crippen LogP contribution in [-0.4, -0.2) is 37.1 Å². The summed E-state index contributed by atoms with van der Waals surface area (Å²) in [7, 11) is 0. The van der Waals surface area contributed by atoms with E-state index in [2.05, 4.69) is 18.7 Å². The maximum absolute atomic E-state index is 13.2. The highest BCUT2D eigenvalue weighted by Gasteiger charge is 2.34. The van der Waals surface area contributed by atoms with Crippen molar-refractivity contribution in [1.29, 1.82) is 0 Å². The molecule has 0 fully saturated rings. The van der Waals surface area contributed by atoms with Crippen LogP contribution in [0.1, 0.15) is 25.0 Å². The van der Waals surface area contributed by atoms with Gasteiger partial charge in [-0.15, -0.1) is 0 Å². The molecule has 1 aliphatic rings. The van der Waals surface area contributed by atoms with Gasteiger partial charge in [-0.1, -0.05) is 38.1 Å². The Morgan fingerprint density at radius 2 is 1.75 bits per heavy atom. The first-order chi connectivity index (χ1) is 13.3. The number of fused-ring (bicyclic) bond motifs is 1. The molecule has 2 amide bonds. The maximum atomic E-state index is 13.2. The minimum atomic E-state index is -4.45. The highest BCUT2D eigenvalue weighted by atomic mass is 19.4. The number of nitrogens with zero attached hydrogens (tertiary/aromatic N) is 3. The summed E-state index contributed by atoms with van der Waals surface area (Å²) in [5.74, 6) is 0. The van der Waals surface area contributed by atoms with E-state index < -0.39 is 11.7 Å². The lowest BCUT2D eigenvalue weighted by Crippen LogP contribution is -2.49. The molecule has 0 aromatic heterocycles. The van der Waals surface area contributed by atoms with Gasteiger partial charge in [-0.2, -0.15) is 13.2 Å². The van der Waals surface area contributed by atoms with Crippen molar-refractivity contribution in [2.75, 3.05) is 36.0 Å². The Balaban J connectivity index is 1.93. The number of alkyl halides is 3. The number of carbonyl (C=O) groups is 1. The Morgan fingerprint density at radius 3 is 2.43 bits per heavy atom. The quantitative estimate of drug-likeness (QED) is 0.693. The van der Waals surface area contributed by atoms with Crippen LogP contribution in [0.25, 0.3) is 0 Å². The minimum absolute atomic E-state index is 0.248. The molecule has 150 valence electrons. The van der Waals surface area contributed by atoms with Gasteiger partial charge in [-0.05, 0) is 42.9 Å². The largest absolute Gasteiger partial charge is 0.416 e. The number of amides is 2. The van der Waals surface area contributed by atoms with E-state index in [1.807, 2.05) is 24.3 Å². The van der Waals surface area contributed by atoms with E-state index in [1.54, 1.807) is 11.0 Å². The molecular formula is C21H24F3N3O. The van der Waals surface area contributed by atoms with Crippen molar-refractivity contribution in [1.82, 2.24) is 4.90 Å². The Kier molecular flexibility index (Phi) is 5.93. The number of halogens is 3. The van der Waals surface area contributed by atoms with E-state index in [4.69, 9.17) is 0 Å². The molecular weight excluding hydrogens is 367 g/mol. The number of urea groups is 1. The molecule has 7 heteroatoms. The van der Waals surface area contributed by atoms with Gasteiger partial charge in [0, 0.05) is 18.8 Å². The Hall–Kier alpha value is -2.54. The van der Waals surface area contributed by atoms with Crippen molar-refractivity contribution in [3.05, 3.63) is 59.7 Å². The molecule has 2 aromatic rings. The molecule has 2 aromatic carbocycles. The molecule has 4 nitrogen and oxygen atoms in total. The number of hydrogen-bond donors (Lipinski definition) is 0. The van der Waals surface area contributed by atoms with Crippen LogP contribution in [0.15, 0.2) is 48.5 Å². The summed E-state index contributed by atoms with van der Waals surface area (Å²) in [4.78, 5) is 18.5. The SMILES string of the molecule is CCN(CC)CCN1C(=O)N(c2cccc(C(F)(F)F)c2)Cc2ccccc21. The number of likely N-dealkylation sites (N-methyl/N-ethyl adjacent to an activating group) is 1. The number of anilines is 2. The Morgan fingerprint density at radius 1 is 1.04 bits per heavy atom. The van der Waals surface area contributed by atoms with E-state index in [-0.39, 0.29) is 18.3 Å². The number of para-hydroxylation sites is 1. The topological polar surface area (TPSA) is 26.8 Å². The summed E-state index contributed by atoms with van der Waals surface area (Å²) in [6.45, 7) is 7.29. The standard InChI is InChI=1S/C21H24F3N3O/c1-3-25(4-2)12-13-26-19-11-6-5-8-16(19)15-27(20(26)28)18-10-7-9-17(14-18)21(22,23)24/h5-11,14H,3-4,12-13,15H2,1-2H3. The lowest BCUT2D eigenvalue weighted by molar-refractivity contribution is -0.137. The van der Waals surface area contributed by atoms with Crippen molar-refractivity contribution < 1.29 is 18.0 Å². The van der Waals surface area contributed by atoms with Crippen LogP contribution in [0.5, 0.6) is 0 Å². The van der Waals surface area contributed by atoms with Gasteiger partial charge in [0.15, 0.2) is 0 Å². The average molecular weight is 391 g/mol. The molecule has 0 saturated heterocycles. The molecule has 0 N–H and O–H groups in total. The highest BCUT2D eigenvalue weighted by Crippen LogP contribution is 2.35. The summed E-state index contributed by atoms with van der Waals surface area (Å²) < 4.78 is 39.3. The minimum Gasteiger partial charge on any atom is -0.302 e. The first kappa shape index (κ1) is 20.2. The molecule has 0 saturated carbocycles. The fourth-order valence-corrected chi connectivity index (χ4v) is 3.44. The van der Waals surface area contributed by atoms with Gasteiger partial charge in [-0.3, -0.25) is 9.80 Å². The molecule has 0 aliphatic carbocycles. The molecule has 28 heavy (non-hydrogen) atoms. The second-order valence-electron chi connectivity index (χ2n) is 6.72. The van der Waals surface area contributed by atoms with Gasteiger partial charge in [0.2, 0.25) is 0 Å². The molecule has 0 atom stereocenters. The summed E-state index contributed by atoms with van der Waals surface area (Å²) >= 11 is 0. The number of benzene rings is 2. The van der Waals surface area contributed by atoms with Crippen molar-refractivity contribution in [2.24, 2.45) is 0 Å². The lowest BCUT2D eigenvalue weighted by Gasteiger charge is -2.38. The highest BCUT2D eigenvalue weighted by molar-refractivity contribution is 6.06. The monoisotopic (exact) mass is 391 g/mol. The van der Waals surface area contributed by atoms with Crippen LogP contribution in [0.3, 0.4) is 0 Å². The number of carbonyl (C=O) groups excluding carboxylic acids is 1. The summed E-state index contributed by atoms with van der Waals surface area (Å²) in [5, 5.41) is 0. The summed E-state index contributed by atoms with van der Waals surface area (Å²) in [5.41, 5.74) is 1.23. The zero-order chi connectivity index (χ0) is 20.3. The molecule has 0 bridgehead atoms. The second-order valence-corrected chi connectivity index (χ2v) is 6.72. The van der Waals surface area contributed by atoms with Crippen LogP contribution in [-0.2, 0) is 12.7 Å². The third-order valence-electron chi connectivity index (χ3n) is 5.09. The van der Waals surface area contributed by atoms with Crippen molar-refractivity contribution >= 4 is 17.4 Å². The average Bonchev–Trinajstić information content (AvgIpc) is 2.69. The van der Waals surface area contributed by atoms with Crippen molar-refractivity contribution in [2.45, 2.75) is 26.6 Å². The van der Waals surface area contributed by atoms with E-state index in [0.29, 0.717) is 13.1 Å². The third-order valence-corrected chi connectivity index (χ3v) is 5.09. The first-order valence-electron chi connectivity index (χ1n) is 9.41. The van der Waals surface area contributed by atoms with Gasteiger partial charge in [-0.25, -0.2) is 4.79 Å². The van der Waals surface area contributed by atoms with Gasteiger partial charge < -0.3 is 4.90 Å². The van der Waals surface area contributed by atoms with Crippen molar-refractivity contribution in [3.63, 3.8) is 0 Å². The van der Waals surface area contributed by atoms with Crippen LogP contribution in [0.4, 0.5) is 29.3 Å². The Bertz CT molecular complexity index is 834. The van der Waals surface area contributed by atoms with Gasteiger partial charge >= 0.3 is 12.2 Å². The van der Waals surface area contributed by atoms with Crippen LogP contribution in [0.2, 0.25) is 0 Å². The molecule has 3 rings (SSSR count). The van der Waals surface area contributed by atoms with Crippen molar-refractivity contribution in [3.8, 4) is 0 Å². The summed E-state index contributed by atoms with van der Waals surface area (Å²) in [6.07, 6.45) is -4.45. The maximum Gasteiger partial charge on any atom is 0.416 e. The van der Waals surface area contributed by atoms with Crippen LogP contribution >= 0.6 is 0 Å². The zero-order valence-electron chi connectivity index (χ0n) is 16.0. The van der Waals surface area contributed by atoms with E-state index >= 15 is 0 Å². The summed E-state index contributed by atoms with van der Waals surface area (Å²) in [6, 6.07) is 12.2. The van der Waals surface area contributed by atoms with E-state index in [0.717, 1.165) is 36.5 Å². The number of hydrogen-bond acceptors (Lipinski definition) is 2. The predicted octanol–water partition coefficient (Wildman–Crippen LogP) is 4.99. The molecule has 0 unspecified atom stereocenters. The van der Waals surface area contributed by atoms with E-state index in [1.165, 1.54) is 11.0 Å². The smallest absolute Gasteiger partial charge is 0.302 e. The van der Waals surface area contributed by atoms with Crippen LogP contribution < -0.4 is 9.80 Å². The lowest BCUT2D eigenvalue weighted by atomic mass is 10.1. The third kappa shape index (κ3) is 4.14. The molecule has 1 heterocycles. The van der Waals surface area contributed by atoms with Gasteiger partial charge in [0.1, 0.15) is 0 Å². The molecule has 0 spiro atoms. The fourth-order valence-electron chi connectivity index (χ4n) is 3.44. The molecule has 0 radical (unpaired) electrons. The Labute approximate surface area is 163 Å². The van der Waals surface area contributed by atoms with Crippen LogP contribution in [0, 0.1) is 0 Å². The number of rotatable bonds is 6. The molecule has 1 aliphatic heterocycles. The second kappa shape index (κ2) is 8.22. The van der Waals surface area contributed by atoms with Gasteiger partial charge in [0.25, 0.3) is 0 Å². The normalized spacial score (nSPS) is 14.6. The predicted molar refractivity (Wildman–Crippen MR) is 105 cm³/mol. The first-order valence-corrected chi connectivity index (χ1v) is 9.41. The fraction of sp³-hybridized carbons (Fsp3) is 0.381. The van der Waals surface area contributed by atoms with Gasteiger partial charge in [0.05, 0.1) is 17.8 Å².